The van der Waals surface area contributed by atoms with Gasteiger partial charge in [0.05, 0.1) is 19.9 Å². The molecule has 1 aromatic carbocycles. The molecule has 6 nitrogen and oxygen atoms in total. The van der Waals surface area contributed by atoms with Crippen LogP contribution in [0, 0.1) is 11.3 Å². The highest BCUT2D eigenvalue weighted by Crippen LogP contribution is 2.12. The number of amides is 1. The Balaban J connectivity index is 1.87. The van der Waals surface area contributed by atoms with Crippen molar-refractivity contribution in [2.45, 2.75) is 13.1 Å². The molecule has 1 heterocycles. The van der Waals surface area contributed by atoms with Crippen molar-refractivity contribution in [3.8, 4) is 11.8 Å². The fourth-order valence-corrected chi connectivity index (χ4v) is 1.88. The van der Waals surface area contributed by atoms with Gasteiger partial charge < -0.3 is 19.8 Å². The minimum absolute atomic E-state index is 0.000507. The molecule has 0 aliphatic carbocycles. The van der Waals surface area contributed by atoms with Crippen LogP contribution in [-0.2, 0) is 17.9 Å². The monoisotopic (exact) mass is 311 g/mol. The van der Waals surface area contributed by atoms with Crippen LogP contribution >= 0.6 is 0 Å². The van der Waals surface area contributed by atoms with Crippen LogP contribution in [0.25, 0.3) is 0 Å². The second kappa shape index (κ2) is 8.29. The van der Waals surface area contributed by atoms with Crippen molar-refractivity contribution in [2.75, 3.05) is 7.11 Å². The molecular weight excluding hydrogens is 294 g/mol. The molecule has 1 amide bonds. The van der Waals surface area contributed by atoms with Crippen molar-refractivity contribution in [1.29, 1.82) is 5.26 Å². The predicted octanol–water partition coefficient (Wildman–Crippen LogP) is 2.10. The first-order valence-electron chi connectivity index (χ1n) is 7.00. The number of carbonyl (C=O) groups excluding carboxylic acids is 1. The summed E-state index contributed by atoms with van der Waals surface area (Å²) < 4.78 is 10.3. The van der Waals surface area contributed by atoms with E-state index >= 15 is 0 Å². The molecule has 1 aromatic heterocycles. The quantitative estimate of drug-likeness (QED) is 0.604. The molecule has 6 heteroatoms. The van der Waals surface area contributed by atoms with E-state index in [1.54, 1.807) is 19.2 Å². The van der Waals surface area contributed by atoms with Crippen molar-refractivity contribution in [2.24, 2.45) is 0 Å². The summed E-state index contributed by atoms with van der Waals surface area (Å²) >= 11 is 0. The summed E-state index contributed by atoms with van der Waals surface area (Å²) in [5.41, 5.74) is 0.980. The number of hydrogen-bond acceptors (Lipinski definition) is 5. The van der Waals surface area contributed by atoms with E-state index in [0.29, 0.717) is 12.3 Å². The number of carbonyl (C=O) groups is 1. The van der Waals surface area contributed by atoms with Gasteiger partial charge in [-0.25, -0.2) is 0 Å². The zero-order chi connectivity index (χ0) is 16.5. The van der Waals surface area contributed by atoms with E-state index in [1.807, 2.05) is 30.3 Å². The molecule has 2 N–H and O–H groups in total. The topological polar surface area (TPSA) is 87.3 Å². The molecule has 118 valence electrons. The zero-order valence-electron chi connectivity index (χ0n) is 12.7. The van der Waals surface area contributed by atoms with Gasteiger partial charge in [0.1, 0.15) is 23.2 Å². The summed E-state index contributed by atoms with van der Waals surface area (Å²) in [5, 5.41) is 14.6. The number of nitrogens with zero attached hydrogens (tertiary/aromatic N) is 1. The lowest BCUT2D eigenvalue weighted by Gasteiger charge is -2.05. The maximum Gasteiger partial charge on any atom is 0.263 e. The fourth-order valence-electron chi connectivity index (χ4n) is 1.88. The smallest absolute Gasteiger partial charge is 0.263 e. The van der Waals surface area contributed by atoms with E-state index in [-0.39, 0.29) is 12.1 Å². The van der Waals surface area contributed by atoms with Gasteiger partial charge in [-0.1, -0.05) is 12.1 Å². The second-order valence-electron chi connectivity index (χ2n) is 4.66. The highest BCUT2D eigenvalue weighted by Gasteiger charge is 2.08. The Bertz CT molecular complexity index is 715. The first kappa shape index (κ1) is 16.2. The number of furan rings is 1. The number of nitriles is 1. The lowest BCUT2D eigenvalue weighted by Crippen LogP contribution is -2.25. The molecule has 2 rings (SSSR count). The van der Waals surface area contributed by atoms with Crippen LogP contribution in [0.15, 0.2) is 58.9 Å². The minimum atomic E-state index is -0.456. The summed E-state index contributed by atoms with van der Waals surface area (Å²) in [6, 6.07) is 12.9. The Morgan fingerprint density at radius 3 is 2.91 bits per heavy atom. The van der Waals surface area contributed by atoms with E-state index in [9.17, 15) is 4.79 Å². The highest BCUT2D eigenvalue weighted by atomic mass is 16.5. The Morgan fingerprint density at radius 2 is 2.22 bits per heavy atom. The molecule has 0 aliphatic rings. The van der Waals surface area contributed by atoms with Crippen molar-refractivity contribution in [1.82, 2.24) is 10.6 Å². The third-order valence-corrected chi connectivity index (χ3v) is 3.06. The molecule has 2 aromatic rings. The van der Waals surface area contributed by atoms with Gasteiger partial charge in [0, 0.05) is 12.7 Å². The SMILES string of the molecule is COc1cccc(CN/C=C(/C#N)C(=O)NCc2ccco2)c1. The van der Waals surface area contributed by atoms with Gasteiger partial charge in [0.15, 0.2) is 0 Å². The van der Waals surface area contributed by atoms with Gasteiger partial charge in [0.25, 0.3) is 5.91 Å². The van der Waals surface area contributed by atoms with Gasteiger partial charge in [-0.15, -0.1) is 0 Å². The van der Waals surface area contributed by atoms with Gasteiger partial charge in [-0.2, -0.15) is 5.26 Å². The van der Waals surface area contributed by atoms with Crippen molar-refractivity contribution in [3.63, 3.8) is 0 Å². The summed E-state index contributed by atoms with van der Waals surface area (Å²) in [6.45, 7) is 0.717. The molecule has 0 aliphatic heterocycles. The van der Waals surface area contributed by atoms with Crippen LogP contribution < -0.4 is 15.4 Å². The molecule has 0 spiro atoms. The zero-order valence-corrected chi connectivity index (χ0v) is 12.7. The Kier molecular flexibility index (Phi) is 5.83. The maximum absolute atomic E-state index is 11.9. The Morgan fingerprint density at radius 1 is 1.35 bits per heavy atom. The summed E-state index contributed by atoms with van der Waals surface area (Å²) in [7, 11) is 1.60. The number of nitrogens with one attached hydrogen (secondary N) is 2. The molecule has 0 unspecified atom stereocenters. The number of benzene rings is 1. The van der Waals surface area contributed by atoms with Gasteiger partial charge in [-0.05, 0) is 29.8 Å². The summed E-state index contributed by atoms with van der Waals surface area (Å²) in [4.78, 5) is 11.9. The normalized spacial score (nSPS) is 10.7. The van der Waals surface area contributed by atoms with Crippen LogP contribution in [0.4, 0.5) is 0 Å². The molecule has 0 radical (unpaired) electrons. The van der Waals surface area contributed by atoms with Crippen LogP contribution in [0.1, 0.15) is 11.3 Å². The fraction of sp³-hybridized carbons (Fsp3) is 0.176. The molecule has 0 saturated carbocycles. The third-order valence-electron chi connectivity index (χ3n) is 3.06. The van der Waals surface area contributed by atoms with Gasteiger partial charge in [0.2, 0.25) is 0 Å². The minimum Gasteiger partial charge on any atom is -0.497 e. The summed E-state index contributed by atoms with van der Waals surface area (Å²) in [5.74, 6) is 0.923. The molecule has 0 saturated heterocycles. The molecular formula is C17H17N3O3. The number of hydrogen-bond donors (Lipinski definition) is 2. The van der Waals surface area contributed by atoms with Crippen LogP contribution in [0.5, 0.6) is 5.75 Å². The average Bonchev–Trinajstić information content (AvgIpc) is 3.10. The maximum atomic E-state index is 11.9. The van der Waals surface area contributed by atoms with E-state index in [1.165, 1.54) is 12.5 Å². The van der Waals surface area contributed by atoms with E-state index in [2.05, 4.69) is 10.6 Å². The molecule has 0 atom stereocenters. The van der Waals surface area contributed by atoms with Crippen LogP contribution in [0.3, 0.4) is 0 Å². The molecule has 0 bridgehead atoms. The largest absolute Gasteiger partial charge is 0.497 e. The van der Waals surface area contributed by atoms with Gasteiger partial charge >= 0.3 is 0 Å². The second-order valence-corrected chi connectivity index (χ2v) is 4.66. The van der Waals surface area contributed by atoms with Crippen molar-refractivity contribution >= 4 is 5.91 Å². The Labute approximate surface area is 134 Å². The first-order valence-corrected chi connectivity index (χ1v) is 7.00. The summed E-state index contributed by atoms with van der Waals surface area (Å²) in [6.07, 6.45) is 2.93. The van der Waals surface area contributed by atoms with Crippen LogP contribution in [-0.4, -0.2) is 13.0 Å². The number of methoxy groups -OCH3 is 1. The standard InChI is InChI=1S/C17H17N3O3/c1-22-15-5-2-4-13(8-15)10-19-11-14(9-18)17(21)20-12-16-6-3-7-23-16/h2-8,11,19H,10,12H2,1H3,(H,20,21)/b14-11-. The van der Waals surface area contributed by atoms with Crippen molar-refractivity contribution in [3.05, 3.63) is 65.8 Å². The average molecular weight is 311 g/mol. The molecule has 0 fully saturated rings. The van der Waals surface area contributed by atoms with Gasteiger partial charge in [-0.3, -0.25) is 4.79 Å². The lowest BCUT2D eigenvalue weighted by atomic mass is 10.2. The van der Waals surface area contributed by atoms with E-state index in [4.69, 9.17) is 14.4 Å². The molecule has 23 heavy (non-hydrogen) atoms. The van der Waals surface area contributed by atoms with Crippen molar-refractivity contribution < 1.29 is 13.9 Å². The predicted molar refractivity (Wildman–Crippen MR) is 84.1 cm³/mol. The lowest BCUT2D eigenvalue weighted by molar-refractivity contribution is -0.117. The van der Waals surface area contributed by atoms with Crippen LogP contribution in [0.2, 0.25) is 0 Å². The Hall–Kier alpha value is -3.20. The number of rotatable bonds is 7. The van der Waals surface area contributed by atoms with E-state index in [0.717, 1.165) is 11.3 Å². The number of ether oxygens (including phenoxy) is 1. The first-order chi connectivity index (χ1) is 11.2. The highest BCUT2D eigenvalue weighted by molar-refractivity contribution is 5.97. The van der Waals surface area contributed by atoms with E-state index < -0.39 is 5.91 Å². The third kappa shape index (κ3) is 4.93.